The van der Waals surface area contributed by atoms with E-state index in [9.17, 15) is 8.42 Å². The summed E-state index contributed by atoms with van der Waals surface area (Å²) in [7, 11) is 0.0887. The van der Waals surface area contributed by atoms with Crippen LogP contribution in [0.4, 0.5) is 0 Å². The lowest BCUT2D eigenvalue weighted by atomic mass is 9.87. The van der Waals surface area contributed by atoms with E-state index >= 15 is 0 Å². The van der Waals surface area contributed by atoms with Crippen molar-refractivity contribution in [3.63, 3.8) is 0 Å². The van der Waals surface area contributed by atoms with Gasteiger partial charge in [0.15, 0.2) is 15.8 Å². The van der Waals surface area contributed by atoms with E-state index in [0.29, 0.717) is 17.4 Å². The molecule has 0 saturated carbocycles. The normalized spacial score (nSPS) is 12.5. The standard InChI is InChI=1S/C15H25N3O2S.HI/c1-15(2,3)12-6-8-13(9-7-12)21(19,20)11-10-18-14(16-4)17-5;/h6-9H,10-11H2,1-5H3,(H2,16,17,18);1H. The van der Waals surface area contributed by atoms with E-state index < -0.39 is 9.84 Å². The van der Waals surface area contributed by atoms with Crippen molar-refractivity contribution in [1.82, 2.24) is 10.6 Å². The Morgan fingerprint density at radius 3 is 2.14 bits per heavy atom. The van der Waals surface area contributed by atoms with Crippen LogP contribution in [-0.2, 0) is 15.3 Å². The maximum absolute atomic E-state index is 12.3. The summed E-state index contributed by atoms with van der Waals surface area (Å²) in [6.45, 7) is 6.62. The molecule has 0 spiro atoms. The van der Waals surface area contributed by atoms with Gasteiger partial charge in [-0.25, -0.2) is 8.42 Å². The van der Waals surface area contributed by atoms with E-state index in [4.69, 9.17) is 0 Å². The monoisotopic (exact) mass is 439 g/mol. The van der Waals surface area contributed by atoms with E-state index in [-0.39, 0.29) is 35.1 Å². The van der Waals surface area contributed by atoms with Crippen molar-refractivity contribution in [1.29, 1.82) is 0 Å². The predicted molar refractivity (Wildman–Crippen MR) is 103 cm³/mol. The highest BCUT2D eigenvalue weighted by Crippen LogP contribution is 2.23. The lowest BCUT2D eigenvalue weighted by molar-refractivity contribution is 0.586. The molecule has 5 nitrogen and oxygen atoms in total. The van der Waals surface area contributed by atoms with Crippen molar-refractivity contribution in [2.75, 3.05) is 26.4 Å². The van der Waals surface area contributed by atoms with Crippen LogP contribution in [0, 0.1) is 0 Å². The smallest absolute Gasteiger partial charge is 0.190 e. The fourth-order valence-corrected chi connectivity index (χ4v) is 3.02. The Kier molecular flexibility index (Phi) is 8.38. The number of sulfone groups is 1. The van der Waals surface area contributed by atoms with Gasteiger partial charge in [0.05, 0.1) is 10.6 Å². The van der Waals surface area contributed by atoms with E-state index in [2.05, 4.69) is 36.4 Å². The first kappa shape index (κ1) is 21.2. The molecule has 0 fully saturated rings. The van der Waals surface area contributed by atoms with Gasteiger partial charge in [0.1, 0.15) is 0 Å². The van der Waals surface area contributed by atoms with Crippen molar-refractivity contribution in [3.05, 3.63) is 29.8 Å². The molecule has 0 saturated heterocycles. The van der Waals surface area contributed by atoms with Crippen LogP contribution in [0.2, 0.25) is 0 Å². The maximum atomic E-state index is 12.3. The summed E-state index contributed by atoms with van der Waals surface area (Å²) in [5, 5.41) is 5.79. The number of hydrogen-bond acceptors (Lipinski definition) is 3. The molecule has 0 radical (unpaired) electrons. The molecule has 0 aliphatic heterocycles. The number of benzene rings is 1. The molecule has 2 N–H and O–H groups in total. The van der Waals surface area contributed by atoms with Crippen LogP contribution in [0.1, 0.15) is 26.3 Å². The molecular formula is C15H26IN3O2S. The maximum Gasteiger partial charge on any atom is 0.190 e. The Labute approximate surface area is 150 Å². The zero-order valence-corrected chi connectivity index (χ0v) is 17.0. The Morgan fingerprint density at radius 1 is 1.18 bits per heavy atom. The number of halogens is 1. The molecule has 0 aliphatic rings. The second-order valence-corrected chi connectivity index (χ2v) is 7.95. The van der Waals surface area contributed by atoms with Crippen LogP contribution < -0.4 is 10.6 Å². The molecule has 0 unspecified atom stereocenters. The van der Waals surface area contributed by atoms with Crippen LogP contribution in [0.3, 0.4) is 0 Å². The highest BCUT2D eigenvalue weighted by Gasteiger charge is 2.17. The van der Waals surface area contributed by atoms with E-state index in [1.165, 1.54) is 0 Å². The largest absolute Gasteiger partial charge is 0.359 e. The summed E-state index contributed by atoms with van der Waals surface area (Å²) < 4.78 is 24.5. The fraction of sp³-hybridized carbons (Fsp3) is 0.533. The van der Waals surface area contributed by atoms with Crippen LogP contribution in [0.5, 0.6) is 0 Å². The Hall–Kier alpha value is -0.830. The summed E-state index contributed by atoms with van der Waals surface area (Å²) in [5.74, 6) is 0.607. The number of nitrogens with one attached hydrogen (secondary N) is 2. The van der Waals surface area contributed by atoms with Crippen LogP contribution >= 0.6 is 24.0 Å². The van der Waals surface area contributed by atoms with Gasteiger partial charge in [-0.2, -0.15) is 0 Å². The van der Waals surface area contributed by atoms with Crippen LogP contribution in [0.15, 0.2) is 34.2 Å². The highest BCUT2D eigenvalue weighted by atomic mass is 127. The first-order valence-corrected chi connectivity index (χ1v) is 8.57. The minimum absolute atomic E-state index is 0. The second kappa shape index (κ2) is 8.71. The first-order valence-electron chi connectivity index (χ1n) is 6.92. The molecule has 1 rings (SSSR count). The molecule has 0 aromatic heterocycles. The minimum Gasteiger partial charge on any atom is -0.359 e. The number of aliphatic imine (C=N–C) groups is 1. The zero-order chi connectivity index (χ0) is 16.1. The van der Waals surface area contributed by atoms with Gasteiger partial charge in [0.2, 0.25) is 0 Å². The third-order valence-corrected chi connectivity index (χ3v) is 4.94. The molecule has 0 atom stereocenters. The highest BCUT2D eigenvalue weighted by molar-refractivity contribution is 14.0. The van der Waals surface area contributed by atoms with Gasteiger partial charge >= 0.3 is 0 Å². The van der Waals surface area contributed by atoms with Gasteiger partial charge in [0, 0.05) is 20.6 Å². The van der Waals surface area contributed by atoms with E-state index in [1.807, 2.05) is 12.1 Å². The van der Waals surface area contributed by atoms with Crippen LogP contribution in [0.25, 0.3) is 0 Å². The van der Waals surface area contributed by atoms with Gasteiger partial charge in [-0.3, -0.25) is 4.99 Å². The van der Waals surface area contributed by atoms with Gasteiger partial charge < -0.3 is 10.6 Å². The molecule has 7 heteroatoms. The number of nitrogens with zero attached hydrogens (tertiary/aromatic N) is 1. The average Bonchev–Trinajstić information content (AvgIpc) is 2.43. The molecule has 1 aromatic rings. The predicted octanol–water partition coefficient (Wildman–Crippen LogP) is 2.17. The quantitative estimate of drug-likeness (QED) is 0.429. The van der Waals surface area contributed by atoms with Crippen LogP contribution in [-0.4, -0.2) is 40.8 Å². The lowest BCUT2D eigenvalue weighted by Gasteiger charge is -2.19. The number of rotatable bonds is 4. The van der Waals surface area contributed by atoms with Gasteiger partial charge in [0.25, 0.3) is 0 Å². The minimum atomic E-state index is -3.28. The summed E-state index contributed by atoms with van der Waals surface area (Å²) in [5.41, 5.74) is 1.14. The SMILES string of the molecule is CN=C(NC)NCCS(=O)(=O)c1ccc(C(C)(C)C)cc1.I. The molecule has 22 heavy (non-hydrogen) atoms. The third kappa shape index (κ3) is 6.12. The van der Waals surface area contributed by atoms with Crippen molar-refractivity contribution in [2.45, 2.75) is 31.1 Å². The summed E-state index contributed by atoms with van der Waals surface area (Å²) in [6, 6.07) is 7.13. The van der Waals surface area contributed by atoms with Crippen molar-refractivity contribution >= 4 is 39.8 Å². The van der Waals surface area contributed by atoms with E-state index in [0.717, 1.165) is 5.56 Å². The van der Waals surface area contributed by atoms with Crippen molar-refractivity contribution in [2.24, 2.45) is 4.99 Å². The Morgan fingerprint density at radius 2 is 1.73 bits per heavy atom. The van der Waals surface area contributed by atoms with E-state index in [1.54, 1.807) is 26.2 Å². The average molecular weight is 439 g/mol. The van der Waals surface area contributed by atoms with Gasteiger partial charge in [-0.05, 0) is 23.1 Å². The molecule has 0 amide bonds. The summed E-state index contributed by atoms with van der Waals surface area (Å²) in [4.78, 5) is 4.30. The molecule has 1 aromatic carbocycles. The van der Waals surface area contributed by atoms with Gasteiger partial charge in [-0.15, -0.1) is 24.0 Å². The van der Waals surface area contributed by atoms with Gasteiger partial charge in [-0.1, -0.05) is 32.9 Å². The topological polar surface area (TPSA) is 70.6 Å². The molecule has 0 heterocycles. The number of guanidine groups is 1. The molecule has 126 valence electrons. The molecule has 0 bridgehead atoms. The van der Waals surface area contributed by atoms with Crippen molar-refractivity contribution in [3.8, 4) is 0 Å². The number of hydrogen-bond donors (Lipinski definition) is 2. The summed E-state index contributed by atoms with van der Waals surface area (Å²) in [6.07, 6.45) is 0. The zero-order valence-electron chi connectivity index (χ0n) is 13.8. The Bertz CT molecular complexity index is 590. The lowest BCUT2D eigenvalue weighted by Crippen LogP contribution is -2.37. The Balaban J connectivity index is 0.00000441. The van der Waals surface area contributed by atoms with Crippen molar-refractivity contribution < 1.29 is 8.42 Å². The fourth-order valence-electron chi connectivity index (χ4n) is 1.86. The third-order valence-electron chi connectivity index (χ3n) is 3.20. The molecular weight excluding hydrogens is 413 g/mol. The molecule has 0 aliphatic carbocycles. The second-order valence-electron chi connectivity index (χ2n) is 5.84. The summed E-state index contributed by atoms with van der Waals surface area (Å²) >= 11 is 0. The first-order chi connectivity index (χ1) is 9.70.